The van der Waals surface area contributed by atoms with Crippen molar-refractivity contribution in [2.45, 2.75) is 12.3 Å². The van der Waals surface area contributed by atoms with Crippen LogP contribution in [-0.4, -0.2) is 33.3 Å². The molecule has 2 aliphatic rings. The average molecular weight is 420 g/mol. The molecule has 0 aliphatic carbocycles. The van der Waals surface area contributed by atoms with Gasteiger partial charge in [-0.15, -0.1) is 0 Å². The van der Waals surface area contributed by atoms with Crippen LogP contribution in [0.4, 0.5) is 5.69 Å². The Balaban J connectivity index is 1.85. The third-order valence-corrected chi connectivity index (χ3v) is 5.32. The second kappa shape index (κ2) is 6.72. The summed E-state index contributed by atoms with van der Waals surface area (Å²) in [5.41, 5.74) is 2.69. The van der Waals surface area contributed by atoms with E-state index in [1.165, 1.54) is 0 Å². The summed E-state index contributed by atoms with van der Waals surface area (Å²) in [6.07, 6.45) is 0.334. The fourth-order valence-electron chi connectivity index (χ4n) is 3.41. The third kappa shape index (κ3) is 2.86. The number of anilines is 1. The lowest BCUT2D eigenvalue weighted by molar-refractivity contribution is -0.116. The Kier molecular flexibility index (Phi) is 4.40. The second-order valence-corrected chi connectivity index (χ2v) is 6.97. The number of fused-ring (bicyclic) bond motifs is 2. The molecule has 2 heterocycles. The minimum absolute atomic E-state index is 0.0409. The minimum atomic E-state index is -0.135. The van der Waals surface area contributed by atoms with Gasteiger partial charge in [0.1, 0.15) is 13.2 Å². The van der Waals surface area contributed by atoms with Gasteiger partial charge in [0.25, 0.3) is 0 Å². The van der Waals surface area contributed by atoms with Crippen LogP contribution in [-0.2, 0) is 4.79 Å². The maximum atomic E-state index is 12.3. The van der Waals surface area contributed by atoms with Gasteiger partial charge < -0.3 is 24.3 Å². The Morgan fingerprint density at radius 2 is 1.65 bits per heavy atom. The summed E-state index contributed by atoms with van der Waals surface area (Å²) in [7, 11) is 3.19. The lowest BCUT2D eigenvalue weighted by Crippen LogP contribution is -2.25. The Morgan fingerprint density at radius 1 is 1.00 bits per heavy atom. The molecule has 0 radical (unpaired) electrons. The van der Waals surface area contributed by atoms with E-state index in [0.717, 1.165) is 21.3 Å². The number of benzene rings is 2. The summed E-state index contributed by atoms with van der Waals surface area (Å²) in [5.74, 6) is 2.43. The fraction of sp³-hybridized carbons (Fsp3) is 0.316. The zero-order valence-corrected chi connectivity index (χ0v) is 16.0. The van der Waals surface area contributed by atoms with E-state index >= 15 is 0 Å². The van der Waals surface area contributed by atoms with Crippen molar-refractivity contribution in [1.29, 1.82) is 0 Å². The van der Waals surface area contributed by atoms with Crippen LogP contribution in [0.15, 0.2) is 28.7 Å². The molecule has 0 unspecified atom stereocenters. The molecule has 1 N–H and O–H groups in total. The number of rotatable bonds is 3. The van der Waals surface area contributed by atoms with E-state index in [1.807, 2.05) is 24.3 Å². The Labute approximate surface area is 159 Å². The standard InChI is InChI=1S/C19H18BrNO5/c1-23-15-5-11(13(20)8-16(15)24-2)10-7-19(22)21-14-9-18-17(6-12(10)14)25-3-4-26-18/h5-6,8-10H,3-4,7H2,1-2H3,(H,21,22)/t10-/m1/s1. The maximum Gasteiger partial charge on any atom is 0.225 e. The van der Waals surface area contributed by atoms with Crippen molar-refractivity contribution in [2.75, 3.05) is 32.8 Å². The molecule has 6 nitrogen and oxygen atoms in total. The molecule has 7 heteroatoms. The first kappa shape index (κ1) is 17.0. The number of carbonyl (C=O) groups is 1. The number of halogens is 1. The predicted octanol–water partition coefficient (Wildman–Crippen LogP) is 3.71. The van der Waals surface area contributed by atoms with Gasteiger partial charge in [-0.05, 0) is 29.3 Å². The molecule has 0 saturated carbocycles. The topological polar surface area (TPSA) is 66.0 Å². The number of ether oxygens (including phenoxy) is 4. The van der Waals surface area contributed by atoms with Gasteiger partial charge in [0.2, 0.25) is 5.91 Å². The molecule has 2 aromatic rings. The first-order valence-electron chi connectivity index (χ1n) is 8.25. The molecule has 1 amide bonds. The van der Waals surface area contributed by atoms with Crippen LogP contribution in [0.25, 0.3) is 0 Å². The first-order valence-corrected chi connectivity index (χ1v) is 9.05. The highest BCUT2D eigenvalue weighted by Gasteiger charge is 2.31. The maximum absolute atomic E-state index is 12.3. The van der Waals surface area contributed by atoms with E-state index in [-0.39, 0.29) is 11.8 Å². The predicted molar refractivity (Wildman–Crippen MR) is 99.8 cm³/mol. The van der Waals surface area contributed by atoms with Crippen LogP contribution < -0.4 is 24.3 Å². The molecular formula is C19H18BrNO5. The smallest absolute Gasteiger partial charge is 0.225 e. The summed E-state index contributed by atoms with van der Waals surface area (Å²) < 4.78 is 23.0. The minimum Gasteiger partial charge on any atom is -0.493 e. The van der Waals surface area contributed by atoms with Gasteiger partial charge in [-0.1, -0.05) is 15.9 Å². The van der Waals surface area contributed by atoms with Crippen molar-refractivity contribution >= 4 is 27.5 Å². The normalized spacial score (nSPS) is 18.0. The average Bonchev–Trinajstić information content (AvgIpc) is 2.65. The second-order valence-electron chi connectivity index (χ2n) is 6.12. The molecule has 1 atom stereocenters. The molecule has 0 saturated heterocycles. The van der Waals surface area contributed by atoms with Crippen LogP contribution in [0.2, 0.25) is 0 Å². The summed E-state index contributed by atoms with van der Waals surface area (Å²) in [6.45, 7) is 1.02. The molecule has 0 fully saturated rings. The van der Waals surface area contributed by atoms with Gasteiger partial charge in [-0.25, -0.2) is 0 Å². The summed E-state index contributed by atoms with van der Waals surface area (Å²) in [5, 5.41) is 2.93. The van der Waals surface area contributed by atoms with Crippen LogP contribution in [0.1, 0.15) is 23.5 Å². The van der Waals surface area contributed by atoms with Crippen molar-refractivity contribution < 1.29 is 23.7 Å². The molecule has 26 heavy (non-hydrogen) atoms. The Hall–Kier alpha value is -2.41. The molecule has 0 aromatic heterocycles. The molecule has 4 rings (SSSR count). The highest BCUT2D eigenvalue weighted by molar-refractivity contribution is 9.10. The van der Waals surface area contributed by atoms with Gasteiger partial charge >= 0.3 is 0 Å². The highest BCUT2D eigenvalue weighted by Crippen LogP contribution is 2.47. The van der Waals surface area contributed by atoms with E-state index < -0.39 is 0 Å². The van der Waals surface area contributed by atoms with E-state index in [2.05, 4.69) is 21.2 Å². The van der Waals surface area contributed by atoms with Crippen molar-refractivity contribution in [3.05, 3.63) is 39.9 Å². The summed E-state index contributed by atoms with van der Waals surface area (Å²) in [4.78, 5) is 12.3. The van der Waals surface area contributed by atoms with E-state index in [0.29, 0.717) is 42.6 Å². The molecule has 0 spiro atoms. The number of amides is 1. The van der Waals surface area contributed by atoms with Crippen molar-refractivity contribution in [1.82, 2.24) is 0 Å². The third-order valence-electron chi connectivity index (χ3n) is 4.63. The number of nitrogens with one attached hydrogen (secondary N) is 1. The van der Waals surface area contributed by atoms with Gasteiger partial charge in [0, 0.05) is 28.6 Å². The summed E-state index contributed by atoms with van der Waals surface area (Å²) >= 11 is 3.61. The van der Waals surface area contributed by atoms with Crippen LogP contribution >= 0.6 is 15.9 Å². The van der Waals surface area contributed by atoms with Crippen molar-refractivity contribution in [2.24, 2.45) is 0 Å². The number of hydrogen-bond donors (Lipinski definition) is 1. The lowest BCUT2D eigenvalue weighted by Gasteiger charge is -2.29. The number of methoxy groups -OCH3 is 2. The Bertz CT molecular complexity index is 883. The molecule has 0 bridgehead atoms. The van der Waals surface area contributed by atoms with Crippen molar-refractivity contribution in [3.8, 4) is 23.0 Å². The van der Waals surface area contributed by atoms with Crippen molar-refractivity contribution in [3.63, 3.8) is 0 Å². The van der Waals surface area contributed by atoms with Gasteiger partial charge in [0.05, 0.1) is 14.2 Å². The van der Waals surface area contributed by atoms with Gasteiger partial charge in [-0.3, -0.25) is 4.79 Å². The quantitative estimate of drug-likeness (QED) is 0.820. The molecule has 2 aromatic carbocycles. The van der Waals surface area contributed by atoms with E-state index in [1.54, 1.807) is 14.2 Å². The SMILES string of the molecule is COc1cc(Br)c([C@H]2CC(=O)Nc3cc4c(cc32)OCCO4)cc1OC. The monoisotopic (exact) mass is 419 g/mol. The van der Waals surface area contributed by atoms with E-state index in [4.69, 9.17) is 18.9 Å². The van der Waals surface area contributed by atoms with Crippen LogP contribution in [0.3, 0.4) is 0 Å². The zero-order chi connectivity index (χ0) is 18.3. The van der Waals surface area contributed by atoms with Gasteiger partial charge in [-0.2, -0.15) is 0 Å². The molecular weight excluding hydrogens is 402 g/mol. The van der Waals surface area contributed by atoms with Crippen LogP contribution in [0, 0.1) is 0 Å². The molecule has 136 valence electrons. The number of hydrogen-bond acceptors (Lipinski definition) is 5. The Morgan fingerprint density at radius 3 is 2.35 bits per heavy atom. The molecule has 2 aliphatic heterocycles. The zero-order valence-electron chi connectivity index (χ0n) is 14.4. The first-order chi connectivity index (χ1) is 12.6. The van der Waals surface area contributed by atoms with Crippen LogP contribution in [0.5, 0.6) is 23.0 Å². The lowest BCUT2D eigenvalue weighted by atomic mass is 9.84. The van der Waals surface area contributed by atoms with E-state index in [9.17, 15) is 4.79 Å². The fourth-order valence-corrected chi connectivity index (χ4v) is 4.01. The van der Waals surface area contributed by atoms with Gasteiger partial charge in [0.15, 0.2) is 23.0 Å². The number of carbonyl (C=O) groups excluding carboxylic acids is 1. The largest absolute Gasteiger partial charge is 0.493 e. The summed E-state index contributed by atoms with van der Waals surface area (Å²) in [6, 6.07) is 7.56. The highest BCUT2D eigenvalue weighted by atomic mass is 79.9.